The predicted molar refractivity (Wildman–Crippen MR) is 91.0 cm³/mol. The fraction of sp³-hybridized carbons (Fsp3) is 0.400. The largest absolute Gasteiger partial charge is 0.379 e. The van der Waals surface area contributed by atoms with Crippen molar-refractivity contribution in [1.29, 1.82) is 0 Å². The summed E-state index contributed by atoms with van der Waals surface area (Å²) >= 11 is 0. The van der Waals surface area contributed by atoms with E-state index in [4.69, 9.17) is 0 Å². The number of nitrogens with zero attached hydrogens (tertiary/aromatic N) is 3. The quantitative estimate of drug-likeness (QED) is 0.465. The van der Waals surface area contributed by atoms with Gasteiger partial charge in [-0.2, -0.15) is 5.10 Å². The minimum Gasteiger partial charge on any atom is -0.379 e. The van der Waals surface area contributed by atoms with E-state index in [1.165, 1.54) is 12.1 Å². The van der Waals surface area contributed by atoms with Crippen LogP contribution >= 0.6 is 0 Å². The highest BCUT2D eigenvalue weighted by atomic mass is 32.2. The fourth-order valence-corrected chi connectivity index (χ4v) is 3.04. The molecule has 1 aromatic carbocycles. The monoisotopic (exact) mass is 352 g/mol. The van der Waals surface area contributed by atoms with Crippen molar-refractivity contribution in [3.63, 3.8) is 0 Å². The van der Waals surface area contributed by atoms with Crippen LogP contribution in [0.1, 0.15) is 17.8 Å². The molecule has 0 unspecified atom stereocenters. The first-order chi connectivity index (χ1) is 11.2. The maximum absolute atomic E-state index is 11.5. The van der Waals surface area contributed by atoms with E-state index in [0.29, 0.717) is 18.8 Å². The Labute approximate surface area is 140 Å². The third-order valence-electron chi connectivity index (χ3n) is 3.56. The van der Waals surface area contributed by atoms with Crippen LogP contribution < -0.4 is 5.32 Å². The number of benzene rings is 1. The summed E-state index contributed by atoms with van der Waals surface area (Å²) in [4.78, 5) is 10.5. The molecule has 1 aromatic heterocycles. The molecule has 0 bridgehead atoms. The van der Waals surface area contributed by atoms with Crippen molar-refractivity contribution >= 4 is 21.2 Å². The van der Waals surface area contributed by atoms with Gasteiger partial charge in [0.2, 0.25) is 0 Å². The Balaban J connectivity index is 2.04. The van der Waals surface area contributed by atoms with Gasteiger partial charge in [-0.25, -0.2) is 8.42 Å². The second-order valence-corrected chi connectivity index (χ2v) is 7.65. The van der Waals surface area contributed by atoms with Crippen LogP contribution in [0, 0.1) is 24.0 Å². The number of hydrogen-bond donors (Lipinski definition) is 1. The van der Waals surface area contributed by atoms with Gasteiger partial charge in [-0.3, -0.25) is 14.8 Å². The van der Waals surface area contributed by atoms with E-state index in [1.807, 2.05) is 24.6 Å². The van der Waals surface area contributed by atoms with Gasteiger partial charge in [0.1, 0.15) is 5.69 Å². The second kappa shape index (κ2) is 7.00. The summed E-state index contributed by atoms with van der Waals surface area (Å²) < 4.78 is 24.9. The number of hydrogen-bond acceptors (Lipinski definition) is 6. The van der Waals surface area contributed by atoms with Gasteiger partial charge in [0.25, 0.3) is 5.69 Å². The van der Waals surface area contributed by atoms with E-state index >= 15 is 0 Å². The molecule has 0 fully saturated rings. The van der Waals surface area contributed by atoms with Crippen molar-refractivity contribution in [2.75, 3.05) is 18.1 Å². The number of rotatable bonds is 7. The van der Waals surface area contributed by atoms with Crippen LogP contribution in [0.5, 0.6) is 0 Å². The van der Waals surface area contributed by atoms with Crippen LogP contribution in [0.4, 0.5) is 11.4 Å². The summed E-state index contributed by atoms with van der Waals surface area (Å²) in [6, 6.07) is 5.87. The first-order valence-electron chi connectivity index (χ1n) is 7.42. The maximum atomic E-state index is 11.5. The minimum absolute atomic E-state index is 0.0672. The lowest BCUT2D eigenvalue weighted by atomic mass is 10.2. The Morgan fingerprint density at radius 3 is 2.54 bits per heavy atom. The number of nitrogens with one attached hydrogen (secondary N) is 1. The second-order valence-electron chi connectivity index (χ2n) is 5.64. The molecule has 24 heavy (non-hydrogen) atoms. The zero-order valence-corrected chi connectivity index (χ0v) is 14.6. The maximum Gasteiger partial charge on any atom is 0.293 e. The third kappa shape index (κ3) is 4.31. The minimum atomic E-state index is -3.48. The molecule has 0 aliphatic rings. The average molecular weight is 352 g/mol. The van der Waals surface area contributed by atoms with Crippen molar-refractivity contribution < 1.29 is 13.3 Å². The van der Waals surface area contributed by atoms with Crippen LogP contribution in [0.25, 0.3) is 0 Å². The van der Waals surface area contributed by atoms with Gasteiger partial charge in [0, 0.05) is 31.1 Å². The lowest BCUT2D eigenvalue weighted by Crippen LogP contribution is -2.10. The van der Waals surface area contributed by atoms with Gasteiger partial charge >= 0.3 is 0 Å². The molecule has 0 aliphatic heterocycles. The molecule has 0 amide bonds. The number of aromatic nitrogens is 2. The van der Waals surface area contributed by atoms with Gasteiger partial charge < -0.3 is 5.32 Å². The molecule has 0 radical (unpaired) electrons. The average Bonchev–Trinajstić information content (AvgIpc) is 2.80. The van der Waals surface area contributed by atoms with Crippen LogP contribution in [0.15, 0.2) is 29.2 Å². The van der Waals surface area contributed by atoms with E-state index in [0.717, 1.165) is 30.1 Å². The highest BCUT2D eigenvalue weighted by molar-refractivity contribution is 7.90. The zero-order valence-electron chi connectivity index (χ0n) is 13.8. The van der Waals surface area contributed by atoms with Crippen LogP contribution in [-0.2, 0) is 16.4 Å². The number of aryl methyl sites for hydroxylation is 3. The van der Waals surface area contributed by atoms with Crippen molar-refractivity contribution in [3.8, 4) is 0 Å². The number of nitro benzene ring substituents is 1. The van der Waals surface area contributed by atoms with E-state index in [1.54, 1.807) is 0 Å². The summed E-state index contributed by atoms with van der Waals surface area (Å²) in [5, 5.41) is 18.5. The summed E-state index contributed by atoms with van der Waals surface area (Å²) in [7, 11) is -3.48. The highest BCUT2D eigenvalue weighted by Crippen LogP contribution is 2.27. The van der Waals surface area contributed by atoms with E-state index < -0.39 is 14.8 Å². The Kier molecular flexibility index (Phi) is 5.23. The number of anilines is 1. The molecule has 0 atom stereocenters. The van der Waals surface area contributed by atoms with E-state index in [2.05, 4.69) is 10.4 Å². The van der Waals surface area contributed by atoms with E-state index in [-0.39, 0.29) is 10.6 Å². The molecule has 2 aromatic rings. The molecule has 130 valence electrons. The first-order valence-corrected chi connectivity index (χ1v) is 9.31. The van der Waals surface area contributed by atoms with Gasteiger partial charge in [0.15, 0.2) is 9.84 Å². The molecule has 1 heterocycles. The first kappa shape index (κ1) is 17.9. The van der Waals surface area contributed by atoms with Crippen LogP contribution in [-0.4, -0.2) is 35.9 Å². The Hall–Kier alpha value is -2.42. The molecule has 0 saturated heterocycles. The normalized spacial score (nSPS) is 11.5. The Bertz CT molecular complexity index is 858. The lowest BCUT2D eigenvalue weighted by molar-refractivity contribution is -0.384. The lowest BCUT2D eigenvalue weighted by Gasteiger charge is -2.09. The highest BCUT2D eigenvalue weighted by Gasteiger charge is 2.18. The number of sulfone groups is 1. The van der Waals surface area contributed by atoms with Gasteiger partial charge in [-0.1, -0.05) is 0 Å². The molecule has 1 N–H and O–H groups in total. The van der Waals surface area contributed by atoms with Crippen molar-refractivity contribution in [1.82, 2.24) is 9.78 Å². The molecule has 0 saturated carbocycles. The van der Waals surface area contributed by atoms with Gasteiger partial charge in [-0.15, -0.1) is 0 Å². The topological polar surface area (TPSA) is 107 Å². The Morgan fingerprint density at radius 1 is 1.29 bits per heavy atom. The number of nitro groups is 1. The summed E-state index contributed by atoms with van der Waals surface area (Å²) in [5.41, 5.74) is 2.08. The Morgan fingerprint density at radius 2 is 2.00 bits per heavy atom. The standard InChI is InChI=1S/C15H20N4O4S/c1-11-9-12(2)18(17-11)8-4-7-16-14-6-5-13(24(3,22)23)10-15(14)19(20)21/h5-6,9-10,16H,4,7-8H2,1-3H3. The zero-order chi connectivity index (χ0) is 17.9. The third-order valence-corrected chi connectivity index (χ3v) is 4.67. The van der Waals surface area contributed by atoms with Gasteiger partial charge in [-0.05, 0) is 38.5 Å². The molecular formula is C15H20N4O4S. The predicted octanol–water partition coefficient (Wildman–Crippen LogP) is 2.31. The molecule has 0 aliphatic carbocycles. The summed E-state index contributed by atoms with van der Waals surface area (Å²) in [6.45, 7) is 5.11. The summed E-state index contributed by atoms with van der Waals surface area (Å²) in [6.07, 6.45) is 1.75. The molecule has 0 spiro atoms. The van der Waals surface area contributed by atoms with Gasteiger partial charge in [0.05, 0.1) is 15.5 Å². The van der Waals surface area contributed by atoms with Crippen molar-refractivity contribution in [2.24, 2.45) is 0 Å². The van der Waals surface area contributed by atoms with Crippen LogP contribution in [0.3, 0.4) is 0 Å². The SMILES string of the molecule is Cc1cc(C)n(CCCNc2ccc(S(C)(=O)=O)cc2[N+](=O)[O-])n1. The fourth-order valence-electron chi connectivity index (χ4n) is 2.40. The van der Waals surface area contributed by atoms with Crippen molar-refractivity contribution in [2.45, 2.75) is 31.7 Å². The van der Waals surface area contributed by atoms with E-state index in [9.17, 15) is 18.5 Å². The molecule has 9 heteroatoms. The molecular weight excluding hydrogens is 332 g/mol. The molecule has 8 nitrogen and oxygen atoms in total. The smallest absolute Gasteiger partial charge is 0.293 e. The van der Waals surface area contributed by atoms with Crippen molar-refractivity contribution in [3.05, 3.63) is 45.8 Å². The van der Waals surface area contributed by atoms with Crippen LogP contribution in [0.2, 0.25) is 0 Å². The molecule has 2 rings (SSSR count). The summed E-state index contributed by atoms with van der Waals surface area (Å²) in [5.74, 6) is 0.